The first-order valence-electron chi connectivity index (χ1n) is 8.48. The molecule has 1 aromatic carbocycles. The molecule has 1 fully saturated rings. The summed E-state index contributed by atoms with van der Waals surface area (Å²) in [6, 6.07) is 15.4. The van der Waals surface area contributed by atoms with Crippen molar-refractivity contribution in [1.82, 2.24) is 4.98 Å². The Balaban J connectivity index is 1.47. The zero-order chi connectivity index (χ0) is 15.2. The molecule has 0 atom stereocenters. The molecule has 1 aliphatic rings. The summed E-state index contributed by atoms with van der Waals surface area (Å²) in [7, 11) is 0. The molecule has 0 aliphatic carbocycles. The van der Waals surface area contributed by atoms with Gasteiger partial charge in [0.2, 0.25) is 0 Å². The van der Waals surface area contributed by atoms with Crippen LogP contribution in [0.3, 0.4) is 0 Å². The highest BCUT2D eigenvalue weighted by Crippen LogP contribution is 2.03. The summed E-state index contributed by atoms with van der Waals surface area (Å²) in [5.41, 5.74) is 4.12. The smallest absolute Gasteiger partial charge is 0.127 e. The molecule has 0 unspecified atom stereocenters. The lowest BCUT2D eigenvalue weighted by atomic mass is 10.1. The minimum Gasteiger partial charge on any atom is -0.322 e. The van der Waals surface area contributed by atoms with Crippen molar-refractivity contribution in [3.8, 4) is 0 Å². The third-order valence-electron chi connectivity index (χ3n) is 4.71. The van der Waals surface area contributed by atoms with E-state index in [1.54, 1.807) is 9.80 Å². The van der Waals surface area contributed by atoms with Gasteiger partial charge in [-0.3, -0.25) is 4.98 Å². The predicted molar refractivity (Wildman–Crippen MR) is 88.9 cm³/mol. The molecule has 0 radical (unpaired) electrons. The molecule has 0 saturated carbocycles. The Morgan fingerprint density at radius 2 is 1.45 bits per heavy atom. The molecular formula is C19H27N3+2. The number of piperazine rings is 1. The summed E-state index contributed by atoms with van der Waals surface area (Å²) >= 11 is 0. The van der Waals surface area contributed by atoms with Crippen LogP contribution in [-0.4, -0.2) is 31.2 Å². The zero-order valence-corrected chi connectivity index (χ0v) is 13.5. The van der Waals surface area contributed by atoms with Gasteiger partial charge < -0.3 is 9.80 Å². The van der Waals surface area contributed by atoms with Crippen molar-refractivity contribution in [3.63, 3.8) is 0 Å². The Kier molecular flexibility index (Phi) is 5.20. The van der Waals surface area contributed by atoms with Crippen molar-refractivity contribution in [2.45, 2.75) is 26.4 Å². The van der Waals surface area contributed by atoms with E-state index in [9.17, 15) is 0 Å². The van der Waals surface area contributed by atoms with E-state index in [4.69, 9.17) is 0 Å². The molecule has 0 amide bonds. The molecule has 1 aromatic heterocycles. The number of nitrogens with one attached hydrogen (secondary N) is 2. The van der Waals surface area contributed by atoms with Crippen molar-refractivity contribution in [3.05, 3.63) is 65.5 Å². The molecular weight excluding hydrogens is 270 g/mol. The highest BCUT2D eigenvalue weighted by Gasteiger charge is 2.23. The van der Waals surface area contributed by atoms with Crippen LogP contribution in [-0.2, 0) is 19.5 Å². The van der Waals surface area contributed by atoms with E-state index in [1.807, 2.05) is 12.3 Å². The Labute approximate surface area is 133 Å². The average molecular weight is 297 g/mol. The van der Waals surface area contributed by atoms with Gasteiger partial charge in [-0.2, -0.15) is 0 Å². The second-order valence-corrected chi connectivity index (χ2v) is 6.34. The van der Waals surface area contributed by atoms with E-state index >= 15 is 0 Å². The molecule has 2 N–H and O–H groups in total. The van der Waals surface area contributed by atoms with Crippen LogP contribution in [0.1, 0.15) is 23.7 Å². The van der Waals surface area contributed by atoms with Gasteiger partial charge in [0.1, 0.15) is 39.3 Å². The topological polar surface area (TPSA) is 21.8 Å². The third kappa shape index (κ3) is 4.15. The summed E-state index contributed by atoms with van der Waals surface area (Å²) in [6.07, 6.45) is 3.03. The Morgan fingerprint density at radius 1 is 0.818 bits per heavy atom. The van der Waals surface area contributed by atoms with Gasteiger partial charge in [-0.05, 0) is 24.1 Å². The minimum atomic E-state index is 1.07. The first kappa shape index (κ1) is 15.2. The molecule has 1 saturated heterocycles. The Bertz CT molecular complexity index is 557. The van der Waals surface area contributed by atoms with Gasteiger partial charge in [0, 0.05) is 11.8 Å². The summed E-state index contributed by atoms with van der Waals surface area (Å²) < 4.78 is 0. The van der Waals surface area contributed by atoms with Gasteiger partial charge in [-0.15, -0.1) is 0 Å². The van der Waals surface area contributed by atoms with Gasteiger partial charge in [0.05, 0.1) is 5.69 Å². The number of benzene rings is 1. The molecule has 22 heavy (non-hydrogen) atoms. The number of hydrogen-bond acceptors (Lipinski definition) is 1. The lowest BCUT2D eigenvalue weighted by molar-refractivity contribution is -1.02. The molecule has 116 valence electrons. The zero-order valence-electron chi connectivity index (χ0n) is 13.5. The Morgan fingerprint density at radius 3 is 2.05 bits per heavy atom. The molecule has 0 bridgehead atoms. The summed E-state index contributed by atoms with van der Waals surface area (Å²) in [4.78, 5) is 7.84. The van der Waals surface area contributed by atoms with Gasteiger partial charge in [0.25, 0.3) is 0 Å². The standard InChI is InChI=1S/C19H25N3/c1-2-17-6-8-18(9-7-17)15-21-11-13-22(14-12-21)16-19-5-3-4-10-20-19/h3-10H,2,11-16H2,1H3/p+2. The van der Waals surface area contributed by atoms with E-state index in [2.05, 4.69) is 48.3 Å². The number of aromatic nitrogens is 1. The van der Waals surface area contributed by atoms with Gasteiger partial charge in [0.15, 0.2) is 0 Å². The predicted octanol–water partition coefficient (Wildman–Crippen LogP) is 0.128. The summed E-state index contributed by atoms with van der Waals surface area (Å²) in [5, 5.41) is 0. The maximum absolute atomic E-state index is 4.45. The van der Waals surface area contributed by atoms with E-state index < -0.39 is 0 Å². The van der Waals surface area contributed by atoms with Crippen molar-refractivity contribution in [2.75, 3.05) is 26.2 Å². The second kappa shape index (κ2) is 7.52. The fourth-order valence-electron chi connectivity index (χ4n) is 3.25. The van der Waals surface area contributed by atoms with E-state index in [0.29, 0.717) is 0 Å². The van der Waals surface area contributed by atoms with Crippen LogP contribution < -0.4 is 9.80 Å². The largest absolute Gasteiger partial charge is 0.322 e. The number of quaternary nitrogens is 2. The number of nitrogens with zero attached hydrogens (tertiary/aromatic N) is 1. The van der Waals surface area contributed by atoms with Crippen LogP contribution in [0, 0.1) is 0 Å². The van der Waals surface area contributed by atoms with Gasteiger partial charge in [-0.1, -0.05) is 37.3 Å². The van der Waals surface area contributed by atoms with E-state index in [0.717, 1.165) is 13.0 Å². The van der Waals surface area contributed by atoms with Crippen LogP contribution in [0.15, 0.2) is 48.7 Å². The number of pyridine rings is 1. The quantitative estimate of drug-likeness (QED) is 0.804. The van der Waals surface area contributed by atoms with Gasteiger partial charge >= 0.3 is 0 Å². The first-order chi connectivity index (χ1) is 10.8. The Hall–Kier alpha value is -1.71. The molecule has 3 heteroatoms. The summed E-state index contributed by atoms with van der Waals surface area (Å²) in [6.45, 7) is 9.47. The molecule has 3 rings (SSSR count). The monoisotopic (exact) mass is 297 g/mol. The van der Waals surface area contributed by atoms with Crippen LogP contribution in [0.2, 0.25) is 0 Å². The molecule has 0 spiro atoms. The first-order valence-corrected chi connectivity index (χ1v) is 8.48. The molecule has 3 nitrogen and oxygen atoms in total. The maximum Gasteiger partial charge on any atom is 0.127 e. The van der Waals surface area contributed by atoms with Crippen LogP contribution in [0.25, 0.3) is 0 Å². The third-order valence-corrected chi connectivity index (χ3v) is 4.71. The lowest BCUT2D eigenvalue weighted by Gasteiger charge is -2.29. The SMILES string of the molecule is CCc1ccc(C[NH+]2CC[NH+](Cc3ccccn3)CC2)cc1. The van der Waals surface area contributed by atoms with Gasteiger partial charge in [-0.25, -0.2) is 0 Å². The summed E-state index contributed by atoms with van der Waals surface area (Å²) in [5.74, 6) is 0. The van der Waals surface area contributed by atoms with Crippen LogP contribution in [0.5, 0.6) is 0 Å². The molecule has 1 aliphatic heterocycles. The van der Waals surface area contributed by atoms with Crippen LogP contribution >= 0.6 is 0 Å². The number of hydrogen-bond donors (Lipinski definition) is 2. The average Bonchev–Trinajstić information content (AvgIpc) is 2.58. The minimum absolute atomic E-state index is 1.07. The second-order valence-electron chi connectivity index (χ2n) is 6.34. The fourth-order valence-corrected chi connectivity index (χ4v) is 3.25. The van der Waals surface area contributed by atoms with E-state index in [-0.39, 0.29) is 0 Å². The highest BCUT2D eigenvalue weighted by atomic mass is 15.3. The van der Waals surface area contributed by atoms with Crippen molar-refractivity contribution in [1.29, 1.82) is 0 Å². The number of aryl methyl sites for hydroxylation is 1. The molecule has 2 aromatic rings. The van der Waals surface area contributed by atoms with Crippen LogP contribution in [0.4, 0.5) is 0 Å². The van der Waals surface area contributed by atoms with Crippen molar-refractivity contribution in [2.24, 2.45) is 0 Å². The normalized spacial score (nSPS) is 21.7. The highest BCUT2D eigenvalue weighted by molar-refractivity contribution is 5.21. The van der Waals surface area contributed by atoms with Crippen molar-refractivity contribution >= 4 is 0 Å². The number of rotatable bonds is 5. The van der Waals surface area contributed by atoms with E-state index in [1.165, 1.54) is 49.5 Å². The lowest BCUT2D eigenvalue weighted by Crippen LogP contribution is -3.27. The van der Waals surface area contributed by atoms with Crippen molar-refractivity contribution < 1.29 is 9.80 Å². The molecule has 2 heterocycles. The maximum atomic E-state index is 4.45. The fraction of sp³-hybridized carbons (Fsp3) is 0.421.